The van der Waals surface area contributed by atoms with Crippen LogP contribution >= 0.6 is 11.6 Å². The zero-order valence-electron chi connectivity index (χ0n) is 9.22. The first-order valence-electron chi connectivity index (χ1n) is 5.19. The molecule has 0 unspecified atom stereocenters. The van der Waals surface area contributed by atoms with Crippen molar-refractivity contribution in [3.8, 4) is 11.3 Å². The van der Waals surface area contributed by atoms with Crippen LogP contribution in [-0.4, -0.2) is 20.9 Å². The Morgan fingerprint density at radius 3 is 2.59 bits per heavy atom. The van der Waals surface area contributed by atoms with E-state index in [0.29, 0.717) is 11.6 Å². The molecule has 0 atom stereocenters. The van der Waals surface area contributed by atoms with Gasteiger partial charge in [0.2, 0.25) is 0 Å². The summed E-state index contributed by atoms with van der Waals surface area (Å²) in [6.07, 6.45) is 0. The molecule has 1 heterocycles. The van der Waals surface area contributed by atoms with Gasteiger partial charge in [0.15, 0.2) is 5.69 Å². The quantitative estimate of drug-likeness (QED) is 0.911. The molecular formula is C12H11ClN2O2. The second kappa shape index (κ2) is 4.59. The van der Waals surface area contributed by atoms with Crippen molar-refractivity contribution in [2.24, 2.45) is 0 Å². The third-order valence-corrected chi connectivity index (χ3v) is 2.69. The molecule has 1 N–H and O–H groups in total. The largest absolute Gasteiger partial charge is 0.476 e. The summed E-state index contributed by atoms with van der Waals surface area (Å²) in [6, 6.07) is 8.79. The molecule has 0 spiro atoms. The van der Waals surface area contributed by atoms with Gasteiger partial charge in [-0.05, 0) is 30.7 Å². The van der Waals surface area contributed by atoms with Gasteiger partial charge in [0.25, 0.3) is 0 Å². The molecular weight excluding hydrogens is 240 g/mol. The summed E-state index contributed by atoms with van der Waals surface area (Å²) in [4.78, 5) is 10.9. The SMILES string of the molecule is CCn1nc(C(=O)O)cc1-c1ccc(Cl)cc1. The third-order valence-electron chi connectivity index (χ3n) is 2.44. The summed E-state index contributed by atoms with van der Waals surface area (Å²) in [5.41, 5.74) is 1.73. The van der Waals surface area contributed by atoms with Crippen molar-refractivity contribution in [3.05, 3.63) is 41.0 Å². The van der Waals surface area contributed by atoms with Crippen molar-refractivity contribution >= 4 is 17.6 Å². The minimum Gasteiger partial charge on any atom is -0.476 e. The number of nitrogens with zero attached hydrogens (tertiary/aromatic N) is 2. The smallest absolute Gasteiger partial charge is 0.356 e. The normalized spacial score (nSPS) is 10.5. The molecule has 0 saturated heterocycles. The van der Waals surface area contributed by atoms with E-state index in [1.54, 1.807) is 22.9 Å². The minimum absolute atomic E-state index is 0.0526. The van der Waals surface area contributed by atoms with Crippen LogP contribution in [0.2, 0.25) is 5.02 Å². The summed E-state index contributed by atoms with van der Waals surface area (Å²) in [6.45, 7) is 2.53. The first-order chi connectivity index (χ1) is 8.11. The van der Waals surface area contributed by atoms with Gasteiger partial charge in [-0.2, -0.15) is 5.10 Å². The molecule has 0 aliphatic carbocycles. The highest BCUT2D eigenvalue weighted by molar-refractivity contribution is 6.30. The molecule has 5 heteroatoms. The predicted molar refractivity (Wildman–Crippen MR) is 65.3 cm³/mol. The van der Waals surface area contributed by atoms with E-state index in [1.165, 1.54) is 0 Å². The van der Waals surface area contributed by atoms with Crippen LogP contribution in [0.4, 0.5) is 0 Å². The summed E-state index contributed by atoms with van der Waals surface area (Å²) in [7, 11) is 0. The Balaban J connectivity index is 2.50. The number of aryl methyl sites for hydroxylation is 1. The number of aromatic carboxylic acids is 1. The molecule has 2 aromatic rings. The zero-order valence-corrected chi connectivity index (χ0v) is 9.98. The molecule has 0 aliphatic heterocycles. The number of rotatable bonds is 3. The highest BCUT2D eigenvalue weighted by atomic mass is 35.5. The second-order valence-electron chi connectivity index (χ2n) is 3.54. The van der Waals surface area contributed by atoms with E-state index >= 15 is 0 Å². The van der Waals surface area contributed by atoms with Gasteiger partial charge in [0.1, 0.15) is 0 Å². The summed E-state index contributed by atoms with van der Waals surface area (Å²) >= 11 is 5.81. The number of carbonyl (C=O) groups is 1. The van der Waals surface area contributed by atoms with E-state index in [1.807, 2.05) is 19.1 Å². The molecule has 1 aromatic carbocycles. The standard InChI is InChI=1S/C12H11ClN2O2/c1-2-15-11(7-10(14-15)12(16)17)8-3-5-9(13)6-4-8/h3-7H,2H2,1H3,(H,16,17). The number of benzene rings is 1. The topological polar surface area (TPSA) is 55.1 Å². The Kier molecular flexibility index (Phi) is 3.15. The van der Waals surface area contributed by atoms with Crippen LogP contribution in [0.1, 0.15) is 17.4 Å². The summed E-state index contributed by atoms with van der Waals surface area (Å²) in [5, 5.41) is 13.6. The summed E-state index contributed by atoms with van der Waals surface area (Å²) in [5.74, 6) is -1.02. The third kappa shape index (κ3) is 2.31. The van der Waals surface area contributed by atoms with E-state index in [9.17, 15) is 4.79 Å². The van der Waals surface area contributed by atoms with Crippen molar-refractivity contribution in [1.82, 2.24) is 9.78 Å². The van der Waals surface area contributed by atoms with Crippen molar-refractivity contribution in [1.29, 1.82) is 0 Å². The highest BCUT2D eigenvalue weighted by Gasteiger charge is 2.13. The fourth-order valence-electron chi connectivity index (χ4n) is 1.62. The van der Waals surface area contributed by atoms with Crippen molar-refractivity contribution in [2.45, 2.75) is 13.5 Å². The number of carboxylic acids is 1. The Hall–Kier alpha value is -1.81. The Bertz CT molecular complexity index is 546. The lowest BCUT2D eigenvalue weighted by Gasteiger charge is -2.04. The molecule has 17 heavy (non-hydrogen) atoms. The van der Waals surface area contributed by atoms with Gasteiger partial charge in [-0.1, -0.05) is 23.7 Å². The van der Waals surface area contributed by atoms with Crippen LogP contribution in [0.15, 0.2) is 30.3 Å². The number of aromatic nitrogens is 2. The van der Waals surface area contributed by atoms with Crippen LogP contribution in [0.5, 0.6) is 0 Å². The maximum Gasteiger partial charge on any atom is 0.356 e. The number of carboxylic acid groups (broad SMARTS) is 1. The second-order valence-corrected chi connectivity index (χ2v) is 3.98. The van der Waals surface area contributed by atoms with Crippen molar-refractivity contribution in [2.75, 3.05) is 0 Å². The zero-order chi connectivity index (χ0) is 12.4. The molecule has 0 saturated carbocycles. The number of hydrogen-bond donors (Lipinski definition) is 1. The molecule has 0 fully saturated rings. The van der Waals surface area contributed by atoms with Gasteiger partial charge >= 0.3 is 5.97 Å². The molecule has 0 amide bonds. The average Bonchev–Trinajstić information content (AvgIpc) is 2.74. The Labute approximate surface area is 103 Å². The van der Waals surface area contributed by atoms with E-state index in [-0.39, 0.29) is 5.69 Å². The molecule has 4 nitrogen and oxygen atoms in total. The van der Waals surface area contributed by atoms with E-state index in [4.69, 9.17) is 16.7 Å². The number of hydrogen-bond acceptors (Lipinski definition) is 2. The number of halogens is 1. The molecule has 0 radical (unpaired) electrons. The highest BCUT2D eigenvalue weighted by Crippen LogP contribution is 2.22. The van der Waals surface area contributed by atoms with E-state index in [0.717, 1.165) is 11.3 Å². The Morgan fingerprint density at radius 2 is 2.06 bits per heavy atom. The van der Waals surface area contributed by atoms with Gasteiger partial charge < -0.3 is 5.11 Å². The monoisotopic (exact) mass is 250 g/mol. The predicted octanol–water partition coefficient (Wildman–Crippen LogP) is 2.92. The lowest BCUT2D eigenvalue weighted by Crippen LogP contribution is -2.02. The first-order valence-corrected chi connectivity index (χ1v) is 5.56. The van der Waals surface area contributed by atoms with Crippen LogP contribution < -0.4 is 0 Å². The van der Waals surface area contributed by atoms with Gasteiger partial charge in [-0.15, -0.1) is 0 Å². The van der Waals surface area contributed by atoms with Crippen LogP contribution in [0.3, 0.4) is 0 Å². The molecule has 2 rings (SSSR count). The van der Waals surface area contributed by atoms with Crippen molar-refractivity contribution < 1.29 is 9.90 Å². The van der Waals surface area contributed by atoms with Gasteiger partial charge in [0, 0.05) is 11.6 Å². The first kappa shape index (κ1) is 11.7. The molecule has 0 bridgehead atoms. The van der Waals surface area contributed by atoms with Gasteiger partial charge in [0.05, 0.1) is 5.69 Å². The average molecular weight is 251 g/mol. The van der Waals surface area contributed by atoms with Crippen LogP contribution in [-0.2, 0) is 6.54 Å². The lowest BCUT2D eigenvalue weighted by molar-refractivity contribution is 0.0689. The van der Waals surface area contributed by atoms with Crippen LogP contribution in [0.25, 0.3) is 11.3 Å². The maximum absolute atomic E-state index is 10.9. The Morgan fingerprint density at radius 1 is 1.41 bits per heavy atom. The molecule has 88 valence electrons. The molecule has 0 aliphatic rings. The van der Waals surface area contributed by atoms with Crippen molar-refractivity contribution in [3.63, 3.8) is 0 Å². The van der Waals surface area contributed by atoms with E-state index in [2.05, 4.69) is 5.10 Å². The fraction of sp³-hybridized carbons (Fsp3) is 0.167. The lowest BCUT2D eigenvalue weighted by atomic mass is 10.1. The maximum atomic E-state index is 10.9. The minimum atomic E-state index is -1.02. The van der Waals surface area contributed by atoms with Gasteiger partial charge in [-0.25, -0.2) is 4.79 Å². The van der Waals surface area contributed by atoms with Gasteiger partial charge in [-0.3, -0.25) is 4.68 Å². The van der Waals surface area contributed by atoms with Crippen LogP contribution in [0, 0.1) is 0 Å². The summed E-state index contributed by atoms with van der Waals surface area (Å²) < 4.78 is 1.66. The van der Waals surface area contributed by atoms with E-state index < -0.39 is 5.97 Å². The molecule has 1 aromatic heterocycles. The fourth-order valence-corrected chi connectivity index (χ4v) is 1.74.